The Labute approximate surface area is 149 Å². The fraction of sp³-hybridized carbons (Fsp3) is 0.0526. The van der Waals surface area contributed by atoms with Gasteiger partial charge >= 0.3 is 0 Å². The Morgan fingerprint density at radius 3 is 2.46 bits per heavy atom. The van der Waals surface area contributed by atoms with Gasteiger partial charge in [-0.25, -0.2) is 4.98 Å². The third kappa shape index (κ3) is 2.65. The zero-order valence-corrected chi connectivity index (χ0v) is 13.9. The van der Waals surface area contributed by atoms with Gasteiger partial charge in [0.1, 0.15) is 11.5 Å². The largest absolute Gasteiger partial charge is 0.492 e. The molecule has 5 N–H and O–H groups in total. The second kappa shape index (κ2) is 6.29. The van der Waals surface area contributed by atoms with Gasteiger partial charge in [-0.05, 0) is 17.7 Å². The number of hydrogen-bond donors (Lipinski definition) is 3. The highest BCUT2D eigenvalue weighted by molar-refractivity contribution is 5.83. The van der Waals surface area contributed by atoms with E-state index >= 15 is 0 Å². The van der Waals surface area contributed by atoms with Crippen LogP contribution in [0.15, 0.2) is 66.9 Å². The van der Waals surface area contributed by atoms with Gasteiger partial charge in [0.15, 0.2) is 5.82 Å². The second-order valence-electron chi connectivity index (χ2n) is 5.90. The van der Waals surface area contributed by atoms with Crippen LogP contribution in [0, 0.1) is 0 Å². The maximum absolute atomic E-state index is 10.5. The summed E-state index contributed by atoms with van der Waals surface area (Å²) in [6.07, 6.45) is 1.49. The SMILES string of the molecule is N/C(=C(/O)n1nccc1N)c1nc2ccccc2n1Cc1ccccc1. The molecule has 0 aliphatic carbocycles. The van der Waals surface area contributed by atoms with Crippen LogP contribution in [0.1, 0.15) is 11.4 Å². The van der Waals surface area contributed by atoms with Crippen molar-refractivity contribution in [3.63, 3.8) is 0 Å². The lowest BCUT2D eigenvalue weighted by Crippen LogP contribution is -2.14. The normalized spacial score (nSPS) is 12.3. The summed E-state index contributed by atoms with van der Waals surface area (Å²) in [5, 5.41) is 14.5. The first kappa shape index (κ1) is 15.8. The number of anilines is 1. The van der Waals surface area contributed by atoms with Crippen LogP contribution in [0.2, 0.25) is 0 Å². The number of aliphatic hydroxyl groups excluding tert-OH is 1. The molecule has 0 fully saturated rings. The number of hydrogen-bond acceptors (Lipinski definition) is 5. The van der Waals surface area contributed by atoms with E-state index in [1.165, 1.54) is 10.9 Å². The molecular weight excluding hydrogens is 328 g/mol. The first-order valence-electron chi connectivity index (χ1n) is 8.13. The Hall–Kier alpha value is -3.74. The summed E-state index contributed by atoms with van der Waals surface area (Å²) >= 11 is 0. The number of nitrogens with zero attached hydrogens (tertiary/aromatic N) is 4. The number of fused-ring (bicyclic) bond motifs is 1. The first-order chi connectivity index (χ1) is 12.6. The Kier molecular flexibility index (Phi) is 3.81. The minimum absolute atomic E-state index is 0.104. The van der Waals surface area contributed by atoms with E-state index in [9.17, 15) is 5.11 Å². The number of nitrogen functional groups attached to an aromatic ring is 1. The predicted octanol–water partition coefficient (Wildman–Crippen LogP) is 2.66. The maximum Gasteiger partial charge on any atom is 0.241 e. The molecule has 4 aromatic rings. The van der Waals surface area contributed by atoms with E-state index in [0.29, 0.717) is 12.4 Å². The van der Waals surface area contributed by atoms with E-state index in [1.54, 1.807) is 6.07 Å². The topological polar surface area (TPSA) is 108 Å². The molecule has 0 aliphatic heterocycles. The van der Waals surface area contributed by atoms with Crippen molar-refractivity contribution in [2.75, 3.05) is 5.73 Å². The molecule has 0 saturated heterocycles. The minimum atomic E-state index is -0.253. The quantitative estimate of drug-likeness (QED) is 0.492. The van der Waals surface area contributed by atoms with E-state index in [1.807, 2.05) is 59.2 Å². The summed E-state index contributed by atoms with van der Waals surface area (Å²) in [7, 11) is 0. The van der Waals surface area contributed by atoms with Gasteiger partial charge in [0, 0.05) is 12.6 Å². The number of aromatic nitrogens is 4. The fourth-order valence-electron chi connectivity index (χ4n) is 2.91. The highest BCUT2D eigenvalue weighted by Crippen LogP contribution is 2.23. The van der Waals surface area contributed by atoms with Crippen molar-refractivity contribution in [3.05, 3.63) is 78.2 Å². The molecule has 0 unspecified atom stereocenters. The highest BCUT2D eigenvalue weighted by Gasteiger charge is 2.18. The Morgan fingerprint density at radius 2 is 1.73 bits per heavy atom. The second-order valence-corrected chi connectivity index (χ2v) is 5.90. The zero-order valence-electron chi connectivity index (χ0n) is 13.9. The lowest BCUT2D eigenvalue weighted by Gasteiger charge is -2.11. The maximum atomic E-state index is 10.5. The van der Waals surface area contributed by atoms with Gasteiger partial charge in [-0.1, -0.05) is 42.5 Å². The minimum Gasteiger partial charge on any atom is -0.492 e. The molecule has 130 valence electrons. The molecule has 0 atom stereocenters. The van der Waals surface area contributed by atoms with Crippen LogP contribution in [-0.4, -0.2) is 24.4 Å². The van der Waals surface area contributed by atoms with Gasteiger partial charge in [0.05, 0.1) is 17.2 Å². The van der Waals surface area contributed by atoms with Crippen molar-refractivity contribution in [3.8, 4) is 0 Å². The van der Waals surface area contributed by atoms with E-state index in [-0.39, 0.29) is 17.4 Å². The number of aliphatic hydroxyl groups is 1. The van der Waals surface area contributed by atoms with Crippen LogP contribution in [-0.2, 0) is 6.54 Å². The average molecular weight is 346 g/mol. The standard InChI is InChI=1S/C19H18N6O/c20-16-10-11-22-25(16)19(26)17(21)18-23-14-8-4-5-9-15(14)24(18)12-13-6-2-1-3-7-13/h1-11,26H,12,20-21H2/b19-17+. The molecule has 2 aromatic heterocycles. The van der Waals surface area contributed by atoms with E-state index in [4.69, 9.17) is 11.5 Å². The molecule has 4 rings (SSSR count). The molecule has 0 aliphatic rings. The van der Waals surface area contributed by atoms with Crippen LogP contribution in [0.3, 0.4) is 0 Å². The summed E-state index contributed by atoms with van der Waals surface area (Å²) in [6, 6.07) is 19.3. The fourth-order valence-corrected chi connectivity index (χ4v) is 2.91. The van der Waals surface area contributed by atoms with E-state index in [2.05, 4.69) is 10.1 Å². The van der Waals surface area contributed by atoms with Gasteiger partial charge in [-0.2, -0.15) is 9.78 Å². The Balaban J connectivity index is 1.89. The van der Waals surface area contributed by atoms with Crippen LogP contribution in [0.25, 0.3) is 22.6 Å². The zero-order chi connectivity index (χ0) is 18.1. The van der Waals surface area contributed by atoms with Crippen molar-refractivity contribution in [2.24, 2.45) is 5.73 Å². The summed E-state index contributed by atoms with van der Waals surface area (Å²) < 4.78 is 3.15. The number of imidazole rings is 1. The number of para-hydroxylation sites is 2. The smallest absolute Gasteiger partial charge is 0.241 e. The molecule has 0 amide bonds. The Morgan fingerprint density at radius 1 is 1.00 bits per heavy atom. The molecule has 7 heteroatoms. The average Bonchev–Trinajstić information content (AvgIpc) is 3.25. The van der Waals surface area contributed by atoms with Crippen molar-refractivity contribution in [1.82, 2.24) is 19.3 Å². The van der Waals surface area contributed by atoms with Crippen LogP contribution in [0.5, 0.6) is 0 Å². The number of rotatable bonds is 4. The molecule has 0 spiro atoms. The van der Waals surface area contributed by atoms with Gasteiger partial charge < -0.3 is 21.1 Å². The monoisotopic (exact) mass is 346 g/mol. The summed E-state index contributed by atoms with van der Waals surface area (Å²) in [5.41, 5.74) is 15.0. The van der Waals surface area contributed by atoms with E-state index in [0.717, 1.165) is 16.6 Å². The van der Waals surface area contributed by atoms with Gasteiger partial charge in [-0.15, -0.1) is 0 Å². The van der Waals surface area contributed by atoms with Crippen molar-refractivity contribution in [2.45, 2.75) is 6.54 Å². The van der Waals surface area contributed by atoms with Crippen molar-refractivity contribution >= 4 is 28.4 Å². The summed E-state index contributed by atoms with van der Waals surface area (Å²) in [5.74, 6) is 0.496. The van der Waals surface area contributed by atoms with Crippen LogP contribution in [0.4, 0.5) is 5.82 Å². The lowest BCUT2D eigenvalue weighted by atomic mass is 10.2. The third-order valence-electron chi connectivity index (χ3n) is 4.19. The summed E-state index contributed by atoms with van der Waals surface area (Å²) in [6.45, 7) is 0.569. The summed E-state index contributed by atoms with van der Waals surface area (Å²) in [4.78, 5) is 4.61. The predicted molar refractivity (Wildman–Crippen MR) is 102 cm³/mol. The molecule has 0 bridgehead atoms. The number of benzene rings is 2. The molecular formula is C19H18N6O. The van der Waals surface area contributed by atoms with Gasteiger partial charge in [0.25, 0.3) is 0 Å². The molecule has 2 aromatic carbocycles. The van der Waals surface area contributed by atoms with Crippen molar-refractivity contribution < 1.29 is 5.11 Å². The van der Waals surface area contributed by atoms with Gasteiger partial charge in [0.2, 0.25) is 5.88 Å². The van der Waals surface area contributed by atoms with Crippen LogP contribution < -0.4 is 11.5 Å². The molecule has 0 radical (unpaired) electrons. The lowest BCUT2D eigenvalue weighted by molar-refractivity contribution is 0.460. The number of nitrogens with two attached hydrogens (primary N) is 2. The van der Waals surface area contributed by atoms with Gasteiger partial charge in [-0.3, -0.25) is 0 Å². The molecule has 7 nitrogen and oxygen atoms in total. The molecule has 0 saturated carbocycles. The van der Waals surface area contributed by atoms with Crippen molar-refractivity contribution in [1.29, 1.82) is 0 Å². The third-order valence-corrected chi connectivity index (χ3v) is 4.19. The van der Waals surface area contributed by atoms with E-state index < -0.39 is 0 Å². The highest BCUT2D eigenvalue weighted by atomic mass is 16.3. The van der Waals surface area contributed by atoms with Crippen LogP contribution >= 0.6 is 0 Å². The molecule has 26 heavy (non-hydrogen) atoms. The Bertz CT molecular complexity index is 1090. The first-order valence-corrected chi connectivity index (χ1v) is 8.13. The molecule has 2 heterocycles.